The van der Waals surface area contributed by atoms with Crippen LogP contribution in [-0.2, 0) is 70.2 Å². The summed E-state index contributed by atoms with van der Waals surface area (Å²) in [5, 5.41) is 0. The Bertz CT molecular complexity index is 1410. The second-order valence-electron chi connectivity index (χ2n) is 10.5. The quantitative estimate of drug-likeness (QED) is 0.182. The number of benzene rings is 1. The van der Waals surface area contributed by atoms with Crippen molar-refractivity contribution in [3.8, 4) is 11.5 Å². The standard InChI is InChI=1S/C31H38O15/c1-14(10-12-21(35)38-6)9-11-19-23(39-7)15(2)20-13-41-29(36)22(20)24(19)45-31-28(44-18(5)34)26(43-17(4)33)25(42-16(3)32)27(46-31)30(37)40-8/h9,25-28,31H,10-13H2,1-8H3/b14-9+. The van der Waals surface area contributed by atoms with Crippen LogP contribution in [0.1, 0.15) is 67.6 Å². The Hall–Kier alpha value is -4.66. The third kappa shape index (κ3) is 8.13. The summed E-state index contributed by atoms with van der Waals surface area (Å²) in [5.74, 6) is -4.42. The fraction of sp³-hybridized carbons (Fsp3) is 0.548. The Morgan fingerprint density at radius 2 is 1.43 bits per heavy atom. The highest BCUT2D eigenvalue weighted by molar-refractivity contribution is 5.98. The molecule has 0 N–H and O–H groups in total. The number of carbonyl (C=O) groups is 6. The number of esters is 6. The number of ether oxygens (including phenoxy) is 9. The Balaban J connectivity index is 2.21. The highest BCUT2D eigenvalue weighted by Gasteiger charge is 2.56. The number of hydrogen-bond donors (Lipinski definition) is 0. The van der Waals surface area contributed by atoms with Gasteiger partial charge in [0.05, 0.1) is 21.3 Å². The molecular weight excluding hydrogens is 612 g/mol. The molecular formula is C31H38O15. The highest BCUT2D eigenvalue weighted by Crippen LogP contribution is 2.44. The summed E-state index contributed by atoms with van der Waals surface area (Å²) >= 11 is 0. The Morgan fingerprint density at radius 1 is 0.826 bits per heavy atom. The Labute approximate surface area is 265 Å². The van der Waals surface area contributed by atoms with Crippen LogP contribution in [0.4, 0.5) is 0 Å². The molecule has 15 nitrogen and oxygen atoms in total. The fourth-order valence-corrected chi connectivity index (χ4v) is 5.21. The predicted octanol–water partition coefficient (Wildman–Crippen LogP) is 2.19. The van der Waals surface area contributed by atoms with E-state index in [1.165, 1.54) is 14.2 Å². The van der Waals surface area contributed by atoms with Crippen molar-refractivity contribution in [2.24, 2.45) is 0 Å². The van der Waals surface area contributed by atoms with Crippen molar-refractivity contribution < 1.29 is 71.4 Å². The monoisotopic (exact) mass is 650 g/mol. The van der Waals surface area contributed by atoms with Crippen LogP contribution in [0.5, 0.6) is 11.5 Å². The highest BCUT2D eigenvalue weighted by atomic mass is 16.7. The molecule has 5 unspecified atom stereocenters. The molecule has 1 fully saturated rings. The molecule has 0 amide bonds. The molecule has 5 atom stereocenters. The summed E-state index contributed by atoms with van der Waals surface area (Å²) in [5.41, 5.74) is 2.29. The van der Waals surface area contributed by atoms with Gasteiger partial charge >= 0.3 is 35.8 Å². The van der Waals surface area contributed by atoms with Gasteiger partial charge in [-0.2, -0.15) is 0 Å². The van der Waals surface area contributed by atoms with E-state index in [4.69, 9.17) is 42.6 Å². The molecule has 15 heteroatoms. The molecule has 0 saturated carbocycles. The molecule has 2 heterocycles. The van der Waals surface area contributed by atoms with Crippen LogP contribution < -0.4 is 9.47 Å². The second kappa shape index (κ2) is 15.6. The van der Waals surface area contributed by atoms with E-state index in [0.29, 0.717) is 28.9 Å². The van der Waals surface area contributed by atoms with E-state index in [1.807, 2.05) is 6.92 Å². The van der Waals surface area contributed by atoms with Crippen LogP contribution in [0.3, 0.4) is 0 Å². The van der Waals surface area contributed by atoms with Gasteiger partial charge in [0.15, 0.2) is 18.3 Å². The minimum Gasteiger partial charge on any atom is -0.496 e. The molecule has 3 rings (SSSR count). The van der Waals surface area contributed by atoms with Gasteiger partial charge in [-0.05, 0) is 32.3 Å². The predicted molar refractivity (Wildman–Crippen MR) is 154 cm³/mol. The van der Waals surface area contributed by atoms with Crippen LogP contribution in [0.15, 0.2) is 11.6 Å². The lowest BCUT2D eigenvalue weighted by Crippen LogP contribution is -2.64. The van der Waals surface area contributed by atoms with Crippen molar-refractivity contribution in [1.82, 2.24) is 0 Å². The molecule has 0 bridgehead atoms. The molecule has 1 aromatic rings. The first-order valence-corrected chi connectivity index (χ1v) is 14.3. The van der Waals surface area contributed by atoms with E-state index in [0.717, 1.165) is 33.5 Å². The molecule has 252 valence electrons. The first-order valence-electron chi connectivity index (χ1n) is 14.3. The van der Waals surface area contributed by atoms with Gasteiger partial charge in [0.2, 0.25) is 12.4 Å². The van der Waals surface area contributed by atoms with Gasteiger partial charge < -0.3 is 42.6 Å². The zero-order chi connectivity index (χ0) is 34.3. The molecule has 0 spiro atoms. The number of methoxy groups -OCH3 is 3. The molecule has 2 aliphatic heterocycles. The number of allylic oxidation sites excluding steroid dienone is 2. The summed E-state index contributed by atoms with van der Waals surface area (Å²) in [4.78, 5) is 74.2. The maximum absolute atomic E-state index is 13.1. The van der Waals surface area contributed by atoms with Gasteiger partial charge in [-0.15, -0.1) is 0 Å². The summed E-state index contributed by atoms with van der Waals surface area (Å²) in [6.45, 7) is 6.66. The SMILES string of the molecule is COC(=O)CC/C(C)=C/Cc1c(OC)c(C)c2c(c1OC1OC(C(=O)OC)C(OC(C)=O)C(OC(C)=O)C1OC(C)=O)C(=O)OC2. The van der Waals surface area contributed by atoms with Crippen LogP contribution in [0, 0.1) is 6.92 Å². The lowest BCUT2D eigenvalue weighted by Gasteiger charge is -2.43. The summed E-state index contributed by atoms with van der Waals surface area (Å²) < 4.78 is 49.1. The molecule has 2 aliphatic rings. The first-order chi connectivity index (χ1) is 21.7. The van der Waals surface area contributed by atoms with E-state index in [9.17, 15) is 28.8 Å². The van der Waals surface area contributed by atoms with Gasteiger partial charge in [-0.25, -0.2) is 9.59 Å². The Morgan fingerprint density at radius 3 is 2.00 bits per heavy atom. The third-order valence-electron chi connectivity index (χ3n) is 7.30. The summed E-state index contributed by atoms with van der Waals surface area (Å²) in [6, 6.07) is 0. The van der Waals surface area contributed by atoms with E-state index < -0.39 is 60.6 Å². The maximum Gasteiger partial charge on any atom is 0.342 e. The van der Waals surface area contributed by atoms with Crippen molar-refractivity contribution in [2.75, 3.05) is 21.3 Å². The van der Waals surface area contributed by atoms with Crippen molar-refractivity contribution >= 4 is 35.8 Å². The minimum absolute atomic E-state index is 0.0415. The molecule has 0 aromatic heterocycles. The molecule has 0 radical (unpaired) electrons. The molecule has 1 aromatic carbocycles. The lowest BCUT2D eigenvalue weighted by molar-refractivity contribution is -0.282. The number of carbonyl (C=O) groups excluding carboxylic acids is 6. The molecule has 1 saturated heterocycles. The van der Waals surface area contributed by atoms with Crippen LogP contribution in [-0.4, -0.2) is 87.9 Å². The van der Waals surface area contributed by atoms with Gasteiger partial charge in [-0.1, -0.05) is 11.6 Å². The number of fused-ring (bicyclic) bond motifs is 1. The van der Waals surface area contributed by atoms with Crippen LogP contribution in [0.2, 0.25) is 0 Å². The first kappa shape index (κ1) is 35.8. The van der Waals surface area contributed by atoms with E-state index in [1.54, 1.807) is 13.0 Å². The average Bonchev–Trinajstić information content (AvgIpc) is 3.39. The van der Waals surface area contributed by atoms with Crippen molar-refractivity contribution in [3.63, 3.8) is 0 Å². The van der Waals surface area contributed by atoms with Gasteiger partial charge in [0.1, 0.15) is 23.7 Å². The van der Waals surface area contributed by atoms with Gasteiger partial charge in [0.25, 0.3) is 0 Å². The zero-order valence-corrected chi connectivity index (χ0v) is 26.9. The Kier molecular flexibility index (Phi) is 12.1. The van der Waals surface area contributed by atoms with Crippen molar-refractivity contribution in [3.05, 3.63) is 33.9 Å². The van der Waals surface area contributed by atoms with Crippen LogP contribution >= 0.6 is 0 Å². The second-order valence-corrected chi connectivity index (χ2v) is 10.5. The van der Waals surface area contributed by atoms with Gasteiger partial charge in [0, 0.05) is 38.3 Å². The zero-order valence-electron chi connectivity index (χ0n) is 26.9. The number of hydrogen-bond acceptors (Lipinski definition) is 15. The topological polar surface area (TPSA) is 185 Å². The largest absolute Gasteiger partial charge is 0.496 e. The van der Waals surface area contributed by atoms with Crippen LogP contribution in [0.25, 0.3) is 0 Å². The fourth-order valence-electron chi connectivity index (χ4n) is 5.21. The van der Waals surface area contributed by atoms with E-state index in [-0.39, 0.29) is 36.7 Å². The molecule has 46 heavy (non-hydrogen) atoms. The van der Waals surface area contributed by atoms with Crippen molar-refractivity contribution in [1.29, 1.82) is 0 Å². The number of cyclic esters (lactones) is 1. The smallest absolute Gasteiger partial charge is 0.342 e. The lowest BCUT2D eigenvalue weighted by atomic mass is 9.94. The normalized spacial score (nSPS) is 22.1. The average molecular weight is 651 g/mol. The minimum atomic E-state index is -1.72. The van der Waals surface area contributed by atoms with Gasteiger partial charge in [-0.3, -0.25) is 19.2 Å². The molecule has 0 aliphatic carbocycles. The number of rotatable bonds is 12. The summed E-state index contributed by atoms with van der Waals surface area (Å²) in [7, 11) is 3.79. The third-order valence-corrected chi connectivity index (χ3v) is 7.30. The summed E-state index contributed by atoms with van der Waals surface area (Å²) in [6.07, 6.45) is -5.81. The van der Waals surface area contributed by atoms with E-state index >= 15 is 0 Å². The van der Waals surface area contributed by atoms with Crippen molar-refractivity contribution in [2.45, 2.75) is 91.2 Å². The maximum atomic E-state index is 13.1. The van der Waals surface area contributed by atoms with E-state index in [2.05, 4.69) is 0 Å².